The number of nitrogens with zero attached hydrogens (tertiary/aromatic N) is 2. The maximum atomic E-state index is 5.49. The Labute approximate surface area is 118 Å². The molecule has 0 spiro atoms. The van der Waals surface area contributed by atoms with Crippen molar-refractivity contribution < 1.29 is 4.74 Å². The normalized spacial score (nSPS) is 10.5. The molecule has 0 saturated carbocycles. The molecule has 19 heavy (non-hydrogen) atoms. The monoisotopic (exact) mass is 285 g/mol. The predicted molar refractivity (Wildman–Crippen MR) is 80.5 cm³/mol. The largest absolute Gasteiger partial charge is 0.381 e. The lowest BCUT2D eigenvalue weighted by Gasteiger charge is -2.09. The maximum absolute atomic E-state index is 5.49. The Morgan fingerprint density at radius 3 is 2.68 bits per heavy atom. The number of nitrogens with two attached hydrogens (primary N) is 1. The zero-order valence-corrected chi connectivity index (χ0v) is 12.4. The Hall–Kier alpha value is -1.05. The summed E-state index contributed by atoms with van der Waals surface area (Å²) in [6.07, 6.45) is 5.18. The van der Waals surface area contributed by atoms with E-state index in [9.17, 15) is 0 Å². The van der Waals surface area contributed by atoms with E-state index in [0.717, 1.165) is 38.4 Å². The fourth-order valence-corrected chi connectivity index (χ4v) is 1.80. The van der Waals surface area contributed by atoms with Gasteiger partial charge in [-0.3, -0.25) is 0 Å². The Balaban J connectivity index is 2.28. The minimum absolute atomic E-state index is 0.612. The Kier molecular flexibility index (Phi) is 8.28. The van der Waals surface area contributed by atoms with Crippen molar-refractivity contribution in [3.63, 3.8) is 0 Å². The highest BCUT2D eigenvalue weighted by Gasteiger charge is 2.02. The van der Waals surface area contributed by atoms with E-state index in [1.807, 2.05) is 6.26 Å². The summed E-state index contributed by atoms with van der Waals surface area (Å²) in [6.45, 7) is 4.60. The first-order valence-electron chi connectivity index (χ1n) is 6.51. The third kappa shape index (κ3) is 6.60. The van der Waals surface area contributed by atoms with Crippen LogP contribution in [-0.4, -0.2) is 36.0 Å². The molecule has 0 aliphatic carbocycles. The molecule has 7 heteroatoms. The van der Waals surface area contributed by atoms with E-state index >= 15 is 0 Å². The number of anilines is 2. The molecule has 0 saturated heterocycles. The van der Waals surface area contributed by atoms with E-state index in [-0.39, 0.29) is 0 Å². The summed E-state index contributed by atoms with van der Waals surface area (Å²) in [5.41, 5.74) is 2.54. The summed E-state index contributed by atoms with van der Waals surface area (Å²) in [7, 11) is 0. The number of hydrogen-bond acceptors (Lipinski definition) is 7. The molecule has 1 rings (SSSR count). The maximum Gasteiger partial charge on any atom is 0.191 e. The van der Waals surface area contributed by atoms with Gasteiger partial charge >= 0.3 is 0 Å². The first kappa shape index (κ1) is 16.0. The minimum atomic E-state index is 0.612. The van der Waals surface area contributed by atoms with Crippen molar-refractivity contribution in [1.82, 2.24) is 9.97 Å². The third-order valence-corrected chi connectivity index (χ3v) is 3.00. The van der Waals surface area contributed by atoms with Crippen molar-refractivity contribution in [2.75, 3.05) is 36.8 Å². The molecule has 0 aliphatic heterocycles. The van der Waals surface area contributed by atoms with Crippen LogP contribution in [0.5, 0.6) is 0 Å². The lowest BCUT2D eigenvalue weighted by Crippen LogP contribution is -2.12. The number of aromatic nitrogens is 2. The third-order valence-electron chi connectivity index (χ3n) is 2.45. The lowest BCUT2D eigenvalue weighted by molar-refractivity contribution is 0.131. The van der Waals surface area contributed by atoms with Gasteiger partial charge in [0.05, 0.1) is 0 Å². The van der Waals surface area contributed by atoms with Gasteiger partial charge in [-0.2, -0.15) is 0 Å². The zero-order valence-electron chi connectivity index (χ0n) is 11.6. The minimum Gasteiger partial charge on any atom is -0.381 e. The van der Waals surface area contributed by atoms with Crippen LogP contribution in [0.25, 0.3) is 0 Å². The Morgan fingerprint density at radius 2 is 2.00 bits per heavy atom. The van der Waals surface area contributed by atoms with Gasteiger partial charge < -0.3 is 15.5 Å². The predicted octanol–water partition coefficient (Wildman–Crippen LogP) is 2.10. The SMILES string of the molecule is CCCCOCCCNc1cc(NN)nc(SC)n1. The highest BCUT2D eigenvalue weighted by molar-refractivity contribution is 7.98. The lowest BCUT2D eigenvalue weighted by atomic mass is 10.3. The number of hydrazine groups is 1. The smallest absolute Gasteiger partial charge is 0.191 e. The van der Waals surface area contributed by atoms with Crippen molar-refractivity contribution in [2.24, 2.45) is 5.84 Å². The summed E-state index contributed by atoms with van der Waals surface area (Å²) < 4.78 is 5.49. The van der Waals surface area contributed by atoms with E-state index in [1.54, 1.807) is 6.07 Å². The number of rotatable bonds is 10. The van der Waals surface area contributed by atoms with E-state index < -0.39 is 0 Å². The van der Waals surface area contributed by atoms with Gasteiger partial charge in [0.15, 0.2) is 5.16 Å². The van der Waals surface area contributed by atoms with Gasteiger partial charge in [-0.15, -0.1) is 0 Å². The molecule has 0 unspecified atom stereocenters. The van der Waals surface area contributed by atoms with Crippen molar-refractivity contribution >= 4 is 23.4 Å². The number of unbranched alkanes of at least 4 members (excludes halogenated alkanes) is 1. The molecule has 0 aromatic carbocycles. The summed E-state index contributed by atoms with van der Waals surface area (Å²) in [6, 6.07) is 1.79. The molecule has 0 fully saturated rings. The average Bonchev–Trinajstić information content (AvgIpc) is 2.45. The van der Waals surface area contributed by atoms with Gasteiger partial charge in [0.1, 0.15) is 11.6 Å². The Bertz CT molecular complexity index is 342. The van der Waals surface area contributed by atoms with Crippen molar-refractivity contribution in [1.29, 1.82) is 0 Å². The molecule has 1 heterocycles. The van der Waals surface area contributed by atoms with Crippen LogP contribution in [0.3, 0.4) is 0 Å². The second kappa shape index (κ2) is 9.82. The molecule has 0 aliphatic rings. The van der Waals surface area contributed by atoms with Crippen molar-refractivity contribution in [3.05, 3.63) is 6.07 Å². The van der Waals surface area contributed by atoms with E-state index in [0.29, 0.717) is 11.0 Å². The first-order valence-corrected chi connectivity index (χ1v) is 7.74. The molecule has 4 N–H and O–H groups in total. The molecule has 0 bridgehead atoms. The molecular weight excluding hydrogens is 262 g/mol. The number of thioether (sulfide) groups is 1. The van der Waals surface area contributed by atoms with Crippen molar-refractivity contribution in [3.8, 4) is 0 Å². The molecule has 0 atom stereocenters. The summed E-state index contributed by atoms with van der Waals surface area (Å²) in [5, 5.41) is 3.94. The fraction of sp³-hybridized carbons (Fsp3) is 0.667. The quantitative estimate of drug-likeness (QED) is 0.199. The van der Waals surface area contributed by atoms with Gasteiger partial charge in [0.2, 0.25) is 0 Å². The highest BCUT2D eigenvalue weighted by Crippen LogP contribution is 2.16. The standard InChI is InChI=1S/C12H23N5OS/c1-3-4-7-18-8-5-6-14-10-9-11(17-13)16-12(15-10)19-2/h9H,3-8,13H2,1-2H3,(H2,14,15,16,17). The van der Waals surface area contributed by atoms with Gasteiger partial charge in [-0.25, -0.2) is 15.8 Å². The van der Waals surface area contributed by atoms with Crippen LogP contribution < -0.4 is 16.6 Å². The second-order valence-corrected chi connectivity index (χ2v) is 4.79. The van der Waals surface area contributed by atoms with Crippen LogP contribution in [-0.2, 0) is 4.74 Å². The van der Waals surface area contributed by atoms with Gasteiger partial charge in [0.25, 0.3) is 0 Å². The average molecular weight is 285 g/mol. The van der Waals surface area contributed by atoms with Gasteiger partial charge in [0, 0.05) is 25.8 Å². The molecule has 1 aromatic rings. The highest BCUT2D eigenvalue weighted by atomic mass is 32.2. The van der Waals surface area contributed by atoms with Crippen LogP contribution >= 0.6 is 11.8 Å². The fourth-order valence-electron chi connectivity index (χ4n) is 1.42. The zero-order chi connectivity index (χ0) is 13.9. The van der Waals surface area contributed by atoms with E-state index in [1.165, 1.54) is 18.2 Å². The number of nitrogen functional groups attached to an aromatic ring is 1. The topological polar surface area (TPSA) is 85.1 Å². The second-order valence-electron chi connectivity index (χ2n) is 4.02. The summed E-state index contributed by atoms with van der Waals surface area (Å²) >= 11 is 1.48. The van der Waals surface area contributed by atoms with Crippen molar-refractivity contribution in [2.45, 2.75) is 31.3 Å². The van der Waals surface area contributed by atoms with Crippen LogP contribution in [0, 0.1) is 0 Å². The molecule has 0 radical (unpaired) electrons. The molecule has 1 aromatic heterocycles. The van der Waals surface area contributed by atoms with Crippen LogP contribution in [0.2, 0.25) is 0 Å². The summed E-state index contributed by atoms with van der Waals surface area (Å²) in [5.74, 6) is 6.76. The summed E-state index contributed by atoms with van der Waals surface area (Å²) in [4.78, 5) is 8.55. The van der Waals surface area contributed by atoms with E-state index in [4.69, 9.17) is 10.6 Å². The van der Waals surface area contributed by atoms with Gasteiger partial charge in [-0.05, 0) is 19.1 Å². The first-order chi connectivity index (χ1) is 9.30. The van der Waals surface area contributed by atoms with Gasteiger partial charge in [-0.1, -0.05) is 25.1 Å². The Morgan fingerprint density at radius 1 is 1.26 bits per heavy atom. The van der Waals surface area contributed by atoms with Crippen LogP contribution in [0.1, 0.15) is 26.2 Å². The number of ether oxygens (including phenoxy) is 1. The molecule has 108 valence electrons. The number of nitrogens with one attached hydrogen (secondary N) is 2. The molecular formula is C12H23N5OS. The molecule has 0 amide bonds. The number of hydrogen-bond donors (Lipinski definition) is 3. The van der Waals surface area contributed by atoms with Crippen LogP contribution in [0.15, 0.2) is 11.2 Å². The van der Waals surface area contributed by atoms with Crippen LogP contribution in [0.4, 0.5) is 11.6 Å². The molecule has 6 nitrogen and oxygen atoms in total. The van der Waals surface area contributed by atoms with E-state index in [2.05, 4.69) is 27.6 Å².